The Morgan fingerprint density at radius 1 is 1.47 bits per heavy atom. The molecule has 4 nitrogen and oxygen atoms in total. The standard InChI is InChI=1S/C12H13F2N3OS/c1-2-5-15-9(18)6-17-11-8(16-12(17)19)4-3-7(13)10(11)14/h3-4H,2,5-6H2,1H3,(H,15,18)(H,16,19). The minimum atomic E-state index is -1.01. The fraction of sp³-hybridized carbons (Fsp3) is 0.333. The molecule has 2 rings (SSSR count). The molecule has 0 unspecified atom stereocenters. The normalized spacial score (nSPS) is 10.9. The summed E-state index contributed by atoms with van der Waals surface area (Å²) in [6.07, 6.45) is 0.800. The Morgan fingerprint density at radius 2 is 2.21 bits per heavy atom. The van der Waals surface area contributed by atoms with Gasteiger partial charge in [-0.25, -0.2) is 8.78 Å². The molecule has 1 heterocycles. The molecule has 1 aromatic carbocycles. The molecule has 0 bridgehead atoms. The quantitative estimate of drug-likeness (QED) is 0.848. The van der Waals surface area contributed by atoms with Crippen molar-refractivity contribution >= 4 is 29.2 Å². The van der Waals surface area contributed by atoms with E-state index in [1.807, 2.05) is 6.92 Å². The molecule has 7 heteroatoms. The number of fused-ring (bicyclic) bond motifs is 1. The first-order valence-corrected chi connectivity index (χ1v) is 6.28. The number of hydrogen-bond donors (Lipinski definition) is 2. The van der Waals surface area contributed by atoms with Crippen molar-refractivity contribution in [3.63, 3.8) is 0 Å². The Morgan fingerprint density at radius 3 is 2.89 bits per heavy atom. The summed E-state index contributed by atoms with van der Waals surface area (Å²) in [5.41, 5.74) is 0.351. The van der Waals surface area contributed by atoms with Gasteiger partial charge in [0.2, 0.25) is 5.91 Å². The van der Waals surface area contributed by atoms with Gasteiger partial charge < -0.3 is 14.9 Å². The van der Waals surface area contributed by atoms with E-state index in [-0.39, 0.29) is 22.7 Å². The van der Waals surface area contributed by atoms with Crippen LogP contribution in [-0.4, -0.2) is 22.0 Å². The van der Waals surface area contributed by atoms with Gasteiger partial charge in [0.1, 0.15) is 12.1 Å². The van der Waals surface area contributed by atoms with Gasteiger partial charge in [0.05, 0.1) is 5.52 Å². The van der Waals surface area contributed by atoms with Crippen LogP contribution in [0.15, 0.2) is 12.1 Å². The number of carbonyl (C=O) groups excluding carboxylic acids is 1. The molecule has 2 N–H and O–H groups in total. The molecule has 0 aliphatic carbocycles. The number of imidazole rings is 1. The number of benzene rings is 1. The van der Waals surface area contributed by atoms with Crippen LogP contribution in [0.2, 0.25) is 0 Å². The largest absolute Gasteiger partial charge is 0.355 e. The molecule has 2 aromatic rings. The Kier molecular flexibility index (Phi) is 3.94. The highest BCUT2D eigenvalue weighted by Gasteiger charge is 2.15. The van der Waals surface area contributed by atoms with Crippen molar-refractivity contribution in [1.29, 1.82) is 0 Å². The van der Waals surface area contributed by atoms with Gasteiger partial charge in [-0.1, -0.05) is 6.92 Å². The summed E-state index contributed by atoms with van der Waals surface area (Å²) in [6, 6.07) is 2.41. The maximum absolute atomic E-state index is 13.8. The first-order valence-electron chi connectivity index (χ1n) is 5.87. The second kappa shape index (κ2) is 5.48. The molecule has 0 atom stereocenters. The van der Waals surface area contributed by atoms with Crippen LogP contribution in [0.1, 0.15) is 13.3 Å². The van der Waals surface area contributed by atoms with Crippen LogP contribution < -0.4 is 5.32 Å². The van der Waals surface area contributed by atoms with Crippen molar-refractivity contribution in [2.75, 3.05) is 6.54 Å². The highest BCUT2D eigenvalue weighted by atomic mass is 32.1. The smallest absolute Gasteiger partial charge is 0.240 e. The van der Waals surface area contributed by atoms with E-state index >= 15 is 0 Å². The molecule has 0 aliphatic rings. The summed E-state index contributed by atoms with van der Waals surface area (Å²) in [5, 5.41) is 2.66. The molecule has 102 valence electrons. The van der Waals surface area contributed by atoms with Crippen LogP contribution in [0, 0.1) is 16.4 Å². The highest BCUT2D eigenvalue weighted by Crippen LogP contribution is 2.20. The van der Waals surface area contributed by atoms with Gasteiger partial charge >= 0.3 is 0 Å². The lowest BCUT2D eigenvalue weighted by Crippen LogP contribution is -2.28. The number of aromatic amines is 1. The predicted octanol–water partition coefficient (Wildman–Crippen LogP) is 2.50. The Hall–Kier alpha value is -1.76. The van der Waals surface area contributed by atoms with Gasteiger partial charge in [0.15, 0.2) is 16.4 Å². The Balaban J connectivity index is 2.42. The van der Waals surface area contributed by atoms with E-state index < -0.39 is 11.6 Å². The van der Waals surface area contributed by atoms with Crippen molar-refractivity contribution in [1.82, 2.24) is 14.9 Å². The average molecular weight is 285 g/mol. The molecule has 1 amide bonds. The number of carbonyl (C=O) groups is 1. The van der Waals surface area contributed by atoms with E-state index in [2.05, 4.69) is 10.3 Å². The third-order valence-corrected chi connectivity index (χ3v) is 3.02. The predicted molar refractivity (Wildman–Crippen MR) is 70.3 cm³/mol. The minimum Gasteiger partial charge on any atom is -0.355 e. The first-order chi connectivity index (χ1) is 9.04. The zero-order valence-corrected chi connectivity index (χ0v) is 11.1. The summed E-state index contributed by atoms with van der Waals surface area (Å²) in [5.74, 6) is -2.26. The summed E-state index contributed by atoms with van der Waals surface area (Å²) >= 11 is 5.03. The van der Waals surface area contributed by atoms with E-state index in [1.165, 1.54) is 10.6 Å². The maximum atomic E-state index is 13.8. The minimum absolute atomic E-state index is 0.0170. The topological polar surface area (TPSA) is 49.8 Å². The fourth-order valence-corrected chi connectivity index (χ4v) is 2.07. The zero-order valence-electron chi connectivity index (χ0n) is 10.3. The summed E-state index contributed by atoms with van der Waals surface area (Å²) < 4.78 is 28.5. The van der Waals surface area contributed by atoms with Gasteiger partial charge in [-0.2, -0.15) is 0 Å². The van der Waals surface area contributed by atoms with Crippen LogP contribution in [0.25, 0.3) is 11.0 Å². The Bertz CT molecular complexity index is 677. The van der Waals surface area contributed by atoms with Crippen molar-refractivity contribution in [3.8, 4) is 0 Å². The third-order valence-electron chi connectivity index (χ3n) is 2.70. The number of aromatic nitrogens is 2. The van der Waals surface area contributed by atoms with Crippen molar-refractivity contribution in [2.45, 2.75) is 19.9 Å². The number of nitrogens with one attached hydrogen (secondary N) is 2. The summed E-state index contributed by atoms with van der Waals surface area (Å²) in [7, 11) is 0. The maximum Gasteiger partial charge on any atom is 0.240 e. The van der Waals surface area contributed by atoms with E-state index in [1.54, 1.807) is 0 Å². The second-order valence-electron chi connectivity index (χ2n) is 4.12. The van der Waals surface area contributed by atoms with Crippen LogP contribution in [0.3, 0.4) is 0 Å². The molecule has 0 radical (unpaired) electrons. The van der Waals surface area contributed by atoms with E-state index in [4.69, 9.17) is 12.2 Å². The lowest BCUT2D eigenvalue weighted by atomic mass is 10.3. The molecular formula is C12H13F2N3OS. The van der Waals surface area contributed by atoms with Crippen LogP contribution in [0.5, 0.6) is 0 Å². The van der Waals surface area contributed by atoms with Crippen molar-refractivity contribution < 1.29 is 13.6 Å². The molecule has 1 aromatic heterocycles. The number of rotatable bonds is 4. The number of nitrogens with zero attached hydrogens (tertiary/aromatic N) is 1. The van der Waals surface area contributed by atoms with E-state index in [9.17, 15) is 13.6 Å². The number of halogens is 2. The third kappa shape index (κ3) is 2.65. The van der Waals surface area contributed by atoms with E-state index in [0.717, 1.165) is 12.5 Å². The van der Waals surface area contributed by atoms with Crippen molar-refractivity contribution in [2.24, 2.45) is 0 Å². The number of hydrogen-bond acceptors (Lipinski definition) is 2. The van der Waals surface area contributed by atoms with Crippen LogP contribution in [-0.2, 0) is 11.3 Å². The molecule has 0 aliphatic heterocycles. The van der Waals surface area contributed by atoms with Gasteiger partial charge in [-0.15, -0.1) is 0 Å². The number of amides is 1. The SMILES string of the molecule is CCCNC(=O)Cn1c(=S)[nH]c2ccc(F)c(F)c21. The van der Waals surface area contributed by atoms with Gasteiger partial charge in [0, 0.05) is 6.54 Å². The molecular weight excluding hydrogens is 272 g/mol. The van der Waals surface area contributed by atoms with Crippen LogP contribution in [0.4, 0.5) is 8.78 Å². The fourth-order valence-electron chi connectivity index (χ4n) is 1.80. The molecule has 0 saturated carbocycles. The lowest BCUT2D eigenvalue weighted by molar-refractivity contribution is -0.121. The summed E-state index contributed by atoms with van der Waals surface area (Å²) in [4.78, 5) is 14.4. The molecule has 0 saturated heterocycles. The van der Waals surface area contributed by atoms with Gasteiger partial charge in [-0.3, -0.25) is 4.79 Å². The number of H-pyrrole nitrogens is 1. The lowest BCUT2D eigenvalue weighted by Gasteiger charge is -2.06. The highest BCUT2D eigenvalue weighted by molar-refractivity contribution is 7.71. The van der Waals surface area contributed by atoms with Gasteiger partial charge in [0.25, 0.3) is 0 Å². The van der Waals surface area contributed by atoms with Gasteiger partial charge in [-0.05, 0) is 30.8 Å². The second-order valence-corrected chi connectivity index (χ2v) is 4.51. The molecule has 0 spiro atoms. The van der Waals surface area contributed by atoms with Crippen molar-refractivity contribution in [3.05, 3.63) is 28.5 Å². The first kappa shape index (κ1) is 13.7. The summed E-state index contributed by atoms with van der Waals surface area (Å²) in [6.45, 7) is 2.32. The molecule has 19 heavy (non-hydrogen) atoms. The molecule has 0 fully saturated rings. The average Bonchev–Trinajstić information content (AvgIpc) is 2.69. The van der Waals surface area contributed by atoms with Crippen LogP contribution >= 0.6 is 12.2 Å². The monoisotopic (exact) mass is 285 g/mol. The van der Waals surface area contributed by atoms with E-state index in [0.29, 0.717) is 12.1 Å². The Labute approximate surface area is 113 Å². The zero-order chi connectivity index (χ0) is 14.0.